The second kappa shape index (κ2) is 10.5. The maximum atomic E-state index is 14.9. The molecule has 3 aliphatic heterocycles. The highest BCUT2D eigenvalue weighted by atomic mass is 32.2. The molecule has 0 saturated carbocycles. The summed E-state index contributed by atoms with van der Waals surface area (Å²) < 4.78 is 33.9. The van der Waals surface area contributed by atoms with Crippen molar-refractivity contribution in [1.29, 1.82) is 5.26 Å². The number of anilines is 1. The van der Waals surface area contributed by atoms with E-state index in [0.29, 0.717) is 23.2 Å². The number of aromatic nitrogens is 2. The summed E-state index contributed by atoms with van der Waals surface area (Å²) in [5.41, 5.74) is 0.674. The number of fused-ring (bicyclic) bond motifs is 1. The van der Waals surface area contributed by atoms with Gasteiger partial charge in [0.05, 0.1) is 41.2 Å². The van der Waals surface area contributed by atoms with Gasteiger partial charge in [-0.25, -0.2) is 13.7 Å². The number of hydrogen-bond donors (Lipinski definition) is 2. The van der Waals surface area contributed by atoms with Crippen LogP contribution in [0, 0.1) is 17.1 Å². The zero-order chi connectivity index (χ0) is 26.1. The molecule has 1 unspecified atom stereocenters. The Bertz CT molecular complexity index is 1450. The highest BCUT2D eigenvalue weighted by molar-refractivity contribution is 7.98. The predicted molar refractivity (Wildman–Crippen MR) is 144 cm³/mol. The summed E-state index contributed by atoms with van der Waals surface area (Å²) in [6.07, 6.45) is 6.46. The molecule has 0 radical (unpaired) electrons. The number of ether oxygens (including phenoxy) is 2. The Morgan fingerprint density at radius 1 is 1.24 bits per heavy atom. The van der Waals surface area contributed by atoms with E-state index < -0.39 is 5.82 Å². The minimum atomic E-state index is -0.655. The van der Waals surface area contributed by atoms with Crippen LogP contribution < -0.4 is 20.3 Å². The summed E-state index contributed by atoms with van der Waals surface area (Å²) in [7, 11) is 0. The van der Waals surface area contributed by atoms with Crippen LogP contribution >= 0.6 is 12.1 Å². The van der Waals surface area contributed by atoms with Gasteiger partial charge in [-0.05, 0) is 75.5 Å². The predicted octanol–water partition coefficient (Wildman–Crippen LogP) is 4.35. The van der Waals surface area contributed by atoms with Crippen LogP contribution in [0.4, 0.5) is 10.1 Å². The first-order valence-electron chi connectivity index (χ1n) is 13.0. The molecule has 3 saturated heterocycles. The van der Waals surface area contributed by atoms with Gasteiger partial charge in [0.1, 0.15) is 17.4 Å². The van der Waals surface area contributed by atoms with Gasteiger partial charge in [0.15, 0.2) is 11.6 Å². The number of rotatable bonds is 6. The van der Waals surface area contributed by atoms with Crippen LogP contribution in [0.25, 0.3) is 10.9 Å². The van der Waals surface area contributed by atoms with E-state index in [2.05, 4.69) is 25.4 Å². The topological polar surface area (TPSA) is 104 Å². The molecule has 0 bridgehead atoms. The Kier molecular flexibility index (Phi) is 6.97. The van der Waals surface area contributed by atoms with Crippen molar-refractivity contribution in [2.75, 3.05) is 37.5 Å². The third-order valence-electron chi connectivity index (χ3n) is 7.64. The molecule has 2 N–H and O–H groups in total. The standard InChI is InChI=1S/C27H29FN6O3S/c28-22-4-6-24(32-38-33-11-1-2-12-33)21(15-29)25(22)37-19-3-5-23-20(13-19)26(35)34(17-31-23)18-14-27(36-16-18)7-9-30-10-8-27/h3-6,13,17-18,30,32H,1-2,7-12,14,16H2. The summed E-state index contributed by atoms with van der Waals surface area (Å²) in [5, 5.41) is 13.6. The molecule has 38 heavy (non-hydrogen) atoms. The van der Waals surface area contributed by atoms with Crippen LogP contribution in [-0.4, -0.2) is 52.2 Å². The third-order valence-corrected chi connectivity index (χ3v) is 8.58. The lowest BCUT2D eigenvalue weighted by Crippen LogP contribution is -2.41. The molecule has 0 amide bonds. The maximum absolute atomic E-state index is 14.9. The van der Waals surface area contributed by atoms with Gasteiger partial charge in [-0.3, -0.25) is 9.36 Å². The van der Waals surface area contributed by atoms with Crippen LogP contribution in [-0.2, 0) is 4.74 Å². The minimum Gasteiger partial charge on any atom is -0.453 e. The van der Waals surface area contributed by atoms with E-state index in [1.807, 2.05) is 0 Å². The number of nitrogens with zero attached hydrogens (tertiary/aromatic N) is 4. The monoisotopic (exact) mass is 536 g/mol. The molecule has 3 aliphatic rings. The van der Waals surface area contributed by atoms with Gasteiger partial charge in [-0.2, -0.15) is 5.26 Å². The van der Waals surface area contributed by atoms with Crippen LogP contribution in [0.3, 0.4) is 0 Å². The lowest BCUT2D eigenvalue weighted by Gasteiger charge is -2.32. The van der Waals surface area contributed by atoms with Crippen LogP contribution in [0.2, 0.25) is 0 Å². The van der Waals surface area contributed by atoms with Crippen molar-refractivity contribution < 1.29 is 13.9 Å². The molecule has 11 heteroatoms. The molecule has 1 aromatic heterocycles. The normalized spacial score (nSPS) is 21.1. The molecule has 0 aliphatic carbocycles. The fourth-order valence-corrected chi connectivity index (χ4v) is 6.37. The molecule has 1 spiro atoms. The molecule has 2 aromatic carbocycles. The van der Waals surface area contributed by atoms with Crippen molar-refractivity contribution in [3.05, 3.63) is 58.4 Å². The number of nitriles is 1. The molecule has 3 aromatic rings. The molecule has 3 fully saturated rings. The second-order valence-corrected chi connectivity index (χ2v) is 11.0. The molecule has 4 heterocycles. The highest BCUT2D eigenvalue weighted by Crippen LogP contribution is 2.39. The summed E-state index contributed by atoms with van der Waals surface area (Å²) in [5.74, 6) is -0.580. The summed E-state index contributed by atoms with van der Waals surface area (Å²) in [6.45, 7) is 4.20. The van der Waals surface area contributed by atoms with Gasteiger partial charge in [0.2, 0.25) is 0 Å². The van der Waals surface area contributed by atoms with Crippen molar-refractivity contribution in [2.24, 2.45) is 0 Å². The average molecular weight is 537 g/mol. The quantitative estimate of drug-likeness (QED) is 0.445. The van der Waals surface area contributed by atoms with Crippen molar-refractivity contribution in [3.8, 4) is 17.6 Å². The van der Waals surface area contributed by atoms with Gasteiger partial charge in [0, 0.05) is 25.2 Å². The average Bonchev–Trinajstić information content (AvgIpc) is 3.60. The van der Waals surface area contributed by atoms with Crippen molar-refractivity contribution >= 4 is 28.7 Å². The molecular formula is C27H29FN6O3S. The first kappa shape index (κ1) is 25.1. The maximum Gasteiger partial charge on any atom is 0.261 e. The fraction of sp³-hybridized carbons (Fsp3) is 0.444. The lowest BCUT2D eigenvalue weighted by atomic mass is 9.88. The number of piperidine rings is 1. The molecule has 1 atom stereocenters. The zero-order valence-corrected chi connectivity index (χ0v) is 21.7. The molecule has 9 nitrogen and oxygen atoms in total. The van der Waals surface area contributed by atoms with Gasteiger partial charge < -0.3 is 19.5 Å². The summed E-state index contributed by atoms with van der Waals surface area (Å²) >= 11 is 1.40. The van der Waals surface area contributed by atoms with E-state index in [0.717, 1.165) is 58.3 Å². The smallest absolute Gasteiger partial charge is 0.261 e. The van der Waals surface area contributed by atoms with Gasteiger partial charge >= 0.3 is 0 Å². The van der Waals surface area contributed by atoms with E-state index in [-0.39, 0.29) is 34.3 Å². The SMILES string of the molecule is N#Cc1c(NSN2CCCC2)ccc(F)c1Oc1ccc2ncn(C3COC4(CCNCC4)C3)c(=O)c2c1. The van der Waals surface area contributed by atoms with E-state index >= 15 is 0 Å². The number of benzene rings is 2. The third kappa shape index (κ3) is 4.85. The first-order chi connectivity index (χ1) is 18.5. The Balaban J connectivity index is 1.27. The number of hydrogen-bond acceptors (Lipinski definition) is 9. The van der Waals surface area contributed by atoms with E-state index in [9.17, 15) is 14.4 Å². The van der Waals surface area contributed by atoms with Crippen molar-refractivity contribution in [1.82, 2.24) is 19.2 Å². The second-order valence-electron chi connectivity index (χ2n) is 10.1. The Hall–Kier alpha value is -3.17. The van der Waals surface area contributed by atoms with Crippen LogP contribution in [0.15, 0.2) is 41.5 Å². The summed E-state index contributed by atoms with van der Waals surface area (Å²) in [6, 6.07) is 9.64. The van der Waals surface area contributed by atoms with Gasteiger partial charge in [0.25, 0.3) is 5.56 Å². The Morgan fingerprint density at radius 2 is 2.05 bits per heavy atom. The highest BCUT2D eigenvalue weighted by Gasteiger charge is 2.42. The molecule has 198 valence electrons. The summed E-state index contributed by atoms with van der Waals surface area (Å²) in [4.78, 5) is 18.0. The van der Waals surface area contributed by atoms with Gasteiger partial charge in [-0.1, -0.05) is 0 Å². The molecule has 6 rings (SSSR count). The Labute approximate surface area is 224 Å². The van der Waals surface area contributed by atoms with E-state index in [1.165, 1.54) is 24.3 Å². The zero-order valence-electron chi connectivity index (χ0n) is 20.9. The van der Waals surface area contributed by atoms with Crippen LogP contribution in [0.1, 0.15) is 43.7 Å². The number of nitrogens with one attached hydrogen (secondary N) is 2. The fourth-order valence-electron chi connectivity index (χ4n) is 5.53. The largest absolute Gasteiger partial charge is 0.453 e. The number of halogens is 1. The minimum absolute atomic E-state index is 0.0655. The Morgan fingerprint density at radius 3 is 2.84 bits per heavy atom. The first-order valence-corrected chi connectivity index (χ1v) is 13.8. The van der Waals surface area contributed by atoms with Crippen molar-refractivity contribution in [3.63, 3.8) is 0 Å². The van der Waals surface area contributed by atoms with Crippen molar-refractivity contribution in [2.45, 2.75) is 43.7 Å². The molecular weight excluding hydrogens is 507 g/mol. The lowest BCUT2D eigenvalue weighted by molar-refractivity contribution is -0.0196. The van der Waals surface area contributed by atoms with E-state index in [4.69, 9.17) is 9.47 Å². The van der Waals surface area contributed by atoms with Crippen LogP contribution in [0.5, 0.6) is 11.5 Å². The van der Waals surface area contributed by atoms with E-state index in [1.54, 1.807) is 29.1 Å². The van der Waals surface area contributed by atoms with Gasteiger partial charge in [-0.15, -0.1) is 0 Å².